The summed E-state index contributed by atoms with van der Waals surface area (Å²) in [7, 11) is 3.41. The Bertz CT molecular complexity index is 862. The van der Waals surface area contributed by atoms with Crippen molar-refractivity contribution >= 4 is 17.4 Å². The summed E-state index contributed by atoms with van der Waals surface area (Å²) >= 11 is 0. The van der Waals surface area contributed by atoms with E-state index in [2.05, 4.69) is 15.8 Å². The van der Waals surface area contributed by atoms with Gasteiger partial charge in [0, 0.05) is 45.4 Å². The number of fused-ring (bicyclic) bond motifs is 1. The Labute approximate surface area is 154 Å². The number of hydrogen-bond acceptors (Lipinski definition) is 4. The molecular weight excluding hydrogens is 326 g/mol. The van der Waals surface area contributed by atoms with Gasteiger partial charge < -0.3 is 9.80 Å². The molecule has 0 bridgehead atoms. The first-order valence-electron chi connectivity index (χ1n) is 9.14. The molecule has 26 heavy (non-hydrogen) atoms. The number of terminal acetylenes is 1. The predicted molar refractivity (Wildman–Crippen MR) is 99.2 cm³/mol. The third-order valence-corrected chi connectivity index (χ3v) is 5.98. The average molecular weight is 349 g/mol. The molecule has 0 aromatic carbocycles. The summed E-state index contributed by atoms with van der Waals surface area (Å²) in [5.41, 5.74) is 3.94. The van der Waals surface area contributed by atoms with E-state index in [1.807, 2.05) is 0 Å². The molecule has 1 aromatic heterocycles. The van der Waals surface area contributed by atoms with Crippen LogP contribution in [0.15, 0.2) is 17.8 Å². The summed E-state index contributed by atoms with van der Waals surface area (Å²) in [4.78, 5) is 33.0. The Morgan fingerprint density at radius 2 is 1.96 bits per heavy atom. The summed E-state index contributed by atoms with van der Waals surface area (Å²) < 4.78 is 0. The first-order chi connectivity index (χ1) is 12.4. The molecule has 5 heteroatoms. The van der Waals surface area contributed by atoms with Gasteiger partial charge in [-0.1, -0.05) is 5.92 Å². The Morgan fingerprint density at radius 1 is 1.27 bits per heavy atom. The van der Waals surface area contributed by atoms with Crippen molar-refractivity contribution < 1.29 is 9.59 Å². The summed E-state index contributed by atoms with van der Waals surface area (Å²) in [6.45, 7) is 1.82. The van der Waals surface area contributed by atoms with Gasteiger partial charge in [0.15, 0.2) is 5.78 Å². The number of ketones is 1. The van der Waals surface area contributed by atoms with Crippen molar-refractivity contribution in [2.45, 2.75) is 32.1 Å². The van der Waals surface area contributed by atoms with E-state index in [1.54, 1.807) is 26.4 Å². The Balaban J connectivity index is 1.77. The fourth-order valence-corrected chi connectivity index (χ4v) is 4.08. The van der Waals surface area contributed by atoms with Crippen LogP contribution in [-0.4, -0.2) is 53.7 Å². The molecule has 1 amide bonds. The van der Waals surface area contributed by atoms with E-state index >= 15 is 0 Å². The van der Waals surface area contributed by atoms with Gasteiger partial charge in [0.25, 0.3) is 5.91 Å². The lowest BCUT2D eigenvalue weighted by molar-refractivity contribution is -0.114. The predicted octanol–water partition coefficient (Wildman–Crippen LogP) is 2.13. The minimum atomic E-state index is -0.151. The number of allylic oxidation sites excluding steroid dienone is 1. The van der Waals surface area contributed by atoms with Gasteiger partial charge in [-0.25, -0.2) is 0 Å². The van der Waals surface area contributed by atoms with E-state index in [9.17, 15) is 9.59 Å². The molecule has 2 heterocycles. The number of Topliss-reactive ketones (excluding diaryl/α,β-unsaturated/α-hetero) is 1. The first-order valence-corrected chi connectivity index (χ1v) is 9.14. The fourth-order valence-electron chi connectivity index (χ4n) is 4.08. The minimum absolute atomic E-state index is 0.0322. The van der Waals surface area contributed by atoms with Crippen molar-refractivity contribution in [3.8, 4) is 12.3 Å². The van der Waals surface area contributed by atoms with Crippen molar-refractivity contribution in [1.29, 1.82) is 0 Å². The molecule has 134 valence electrons. The largest absolute Gasteiger partial charge is 0.370 e. The molecule has 4 rings (SSSR count). The van der Waals surface area contributed by atoms with Crippen LogP contribution in [0.4, 0.5) is 0 Å². The van der Waals surface area contributed by atoms with Crippen LogP contribution < -0.4 is 0 Å². The summed E-state index contributed by atoms with van der Waals surface area (Å²) in [6.07, 6.45) is 12.6. The van der Waals surface area contributed by atoms with Gasteiger partial charge in [0.2, 0.25) is 0 Å². The molecule has 1 aliphatic heterocycles. The third kappa shape index (κ3) is 2.70. The lowest BCUT2D eigenvalue weighted by Gasteiger charge is -2.37. The highest BCUT2D eigenvalue weighted by molar-refractivity contribution is 6.10. The zero-order valence-corrected chi connectivity index (χ0v) is 15.3. The molecular formula is C21H23N3O2. The smallest absolute Gasteiger partial charge is 0.271 e. The van der Waals surface area contributed by atoms with Gasteiger partial charge in [0.05, 0.1) is 11.3 Å². The van der Waals surface area contributed by atoms with E-state index in [0.29, 0.717) is 16.7 Å². The van der Waals surface area contributed by atoms with Crippen LogP contribution >= 0.6 is 0 Å². The molecule has 2 aliphatic carbocycles. The van der Waals surface area contributed by atoms with Gasteiger partial charge in [-0.05, 0) is 42.7 Å². The molecule has 0 radical (unpaired) electrons. The highest BCUT2D eigenvalue weighted by Gasteiger charge is 2.45. The van der Waals surface area contributed by atoms with Crippen molar-refractivity contribution in [3.63, 3.8) is 0 Å². The van der Waals surface area contributed by atoms with Crippen LogP contribution in [0.1, 0.15) is 47.3 Å². The number of amides is 1. The second-order valence-corrected chi connectivity index (χ2v) is 7.88. The molecule has 1 aromatic rings. The van der Waals surface area contributed by atoms with Gasteiger partial charge in [-0.2, -0.15) is 0 Å². The summed E-state index contributed by atoms with van der Waals surface area (Å²) in [6, 6.07) is 1.80. The number of carbonyl (C=O) groups is 2. The standard InChI is InChI=1S/C21H23N3O2/c1-4-15-18(25)11-14-13-22-17(20(26)23(2)3)12-16(14)19(15)24-9-7-21(5-6-21)8-10-24/h1,12-13H,5-11H2,2-3H3. The maximum absolute atomic E-state index is 12.6. The Morgan fingerprint density at radius 3 is 2.54 bits per heavy atom. The number of aromatic nitrogens is 1. The summed E-state index contributed by atoms with van der Waals surface area (Å²) in [5, 5.41) is 0. The topological polar surface area (TPSA) is 53.5 Å². The van der Waals surface area contributed by atoms with Crippen LogP contribution in [0.5, 0.6) is 0 Å². The number of piperidine rings is 1. The van der Waals surface area contributed by atoms with Gasteiger partial charge >= 0.3 is 0 Å². The second-order valence-electron chi connectivity index (χ2n) is 7.88. The zero-order valence-electron chi connectivity index (χ0n) is 15.3. The summed E-state index contributed by atoms with van der Waals surface area (Å²) in [5.74, 6) is 2.44. The number of nitrogens with zero attached hydrogens (tertiary/aromatic N) is 3. The molecule has 3 aliphatic rings. The van der Waals surface area contributed by atoms with Crippen LogP contribution in [-0.2, 0) is 11.2 Å². The molecule has 2 fully saturated rings. The SMILES string of the molecule is C#CC1=C(N2CCC3(CC2)CC3)c2cc(C(=O)N(C)C)ncc2CC1=O. The lowest BCUT2D eigenvalue weighted by Crippen LogP contribution is -2.36. The molecule has 0 atom stereocenters. The Kier molecular flexibility index (Phi) is 3.87. The van der Waals surface area contributed by atoms with E-state index in [1.165, 1.54) is 17.7 Å². The van der Waals surface area contributed by atoms with Crippen molar-refractivity contribution in [2.24, 2.45) is 5.41 Å². The first kappa shape index (κ1) is 16.8. The third-order valence-electron chi connectivity index (χ3n) is 5.98. The molecule has 1 saturated heterocycles. The number of carbonyl (C=O) groups excluding carboxylic acids is 2. The minimum Gasteiger partial charge on any atom is -0.370 e. The number of pyridine rings is 1. The van der Waals surface area contributed by atoms with Crippen molar-refractivity contribution in [3.05, 3.63) is 34.7 Å². The molecule has 1 saturated carbocycles. The average Bonchev–Trinajstić information content (AvgIpc) is 3.39. The highest BCUT2D eigenvalue weighted by atomic mass is 16.2. The maximum Gasteiger partial charge on any atom is 0.271 e. The van der Waals surface area contributed by atoms with Gasteiger partial charge in [-0.15, -0.1) is 6.42 Å². The van der Waals surface area contributed by atoms with Crippen molar-refractivity contribution in [1.82, 2.24) is 14.8 Å². The number of hydrogen-bond donors (Lipinski definition) is 0. The van der Waals surface area contributed by atoms with Crippen LogP contribution in [0.25, 0.3) is 5.70 Å². The van der Waals surface area contributed by atoms with E-state index in [4.69, 9.17) is 6.42 Å². The molecule has 5 nitrogen and oxygen atoms in total. The molecule has 0 unspecified atom stereocenters. The second kappa shape index (κ2) is 5.98. The Hall–Kier alpha value is -2.61. The van der Waals surface area contributed by atoms with Crippen LogP contribution in [0, 0.1) is 17.8 Å². The lowest BCUT2D eigenvalue weighted by atomic mass is 9.86. The molecule has 1 spiro atoms. The van der Waals surface area contributed by atoms with Gasteiger partial charge in [-0.3, -0.25) is 14.6 Å². The number of rotatable bonds is 2. The van der Waals surface area contributed by atoms with E-state index in [0.717, 1.165) is 42.8 Å². The number of likely N-dealkylation sites (tertiary alicyclic amines) is 1. The quantitative estimate of drug-likeness (QED) is 0.768. The van der Waals surface area contributed by atoms with Gasteiger partial charge in [0.1, 0.15) is 5.69 Å². The monoisotopic (exact) mass is 349 g/mol. The zero-order chi connectivity index (χ0) is 18.5. The van der Waals surface area contributed by atoms with Crippen LogP contribution in [0.3, 0.4) is 0 Å². The molecule has 0 N–H and O–H groups in total. The van der Waals surface area contributed by atoms with E-state index < -0.39 is 0 Å². The van der Waals surface area contributed by atoms with E-state index in [-0.39, 0.29) is 18.1 Å². The van der Waals surface area contributed by atoms with Crippen molar-refractivity contribution in [2.75, 3.05) is 27.2 Å². The normalized spacial score (nSPS) is 20.7. The maximum atomic E-state index is 12.6. The fraction of sp³-hybridized carbons (Fsp3) is 0.476. The highest BCUT2D eigenvalue weighted by Crippen LogP contribution is 2.54. The van der Waals surface area contributed by atoms with Crippen LogP contribution in [0.2, 0.25) is 0 Å².